The lowest BCUT2D eigenvalue weighted by Gasteiger charge is -2.25. The molecule has 0 saturated carbocycles. The van der Waals surface area contributed by atoms with E-state index in [0.29, 0.717) is 0 Å². The minimum atomic E-state index is -1.26. The van der Waals surface area contributed by atoms with E-state index < -0.39 is 26.5 Å². The van der Waals surface area contributed by atoms with Crippen molar-refractivity contribution in [3.05, 3.63) is 27.4 Å². The molecular weight excluding hydrogens is 320 g/mol. The summed E-state index contributed by atoms with van der Waals surface area (Å²) in [6.45, 7) is 6.59. The van der Waals surface area contributed by atoms with Gasteiger partial charge in [-0.15, -0.1) is 0 Å². The Morgan fingerprint density at radius 3 is 2.68 bits per heavy atom. The van der Waals surface area contributed by atoms with Gasteiger partial charge in [-0.2, -0.15) is 0 Å². The molecule has 1 saturated heterocycles. The van der Waals surface area contributed by atoms with Crippen LogP contribution >= 0.6 is 12.2 Å². The molecule has 6 nitrogen and oxygen atoms in total. The lowest BCUT2D eigenvalue weighted by atomic mass is 9.97. The molecule has 0 radical (unpaired) electrons. The second kappa shape index (κ2) is 6.75. The van der Waals surface area contributed by atoms with Crippen LogP contribution in [0.25, 0.3) is 0 Å². The average molecular weight is 345 g/mol. The van der Waals surface area contributed by atoms with Gasteiger partial charge in [0, 0.05) is 26.3 Å². The smallest absolute Gasteiger partial charge is 0.251 e. The summed E-state index contributed by atoms with van der Waals surface area (Å²) in [4.78, 5) is 13.9. The van der Waals surface area contributed by atoms with Crippen molar-refractivity contribution in [2.24, 2.45) is 5.92 Å². The normalized spacial score (nSPS) is 29.0. The SMILES string of the molecule is C[Si](C)(C)CC[C@@H]1[C@H](O)[C@@H](CO)O[C@H]1n1ccc(=O)[nH]c1=S. The summed E-state index contributed by atoms with van der Waals surface area (Å²) in [6, 6.07) is 2.43. The maximum absolute atomic E-state index is 11.3. The molecule has 3 N–H and O–H groups in total. The Labute approximate surface area is 135 Å². The van der Waals surface area contributed by atoms with Crippen LogP contribution in [0.3, 0.4) is 0 Å². The van der Waals surface area contributed by atoms with Crippen LogP contribution in [0.2, 0.25) is 25.7 Å². The number of hydrogen-bond donors (Lipinski definition) is 3. The fraction of sp³-hybridized carbons (Fsp3) is 0.714. The zero-order valence-electron chi connectivity index (χ0n) is 13.2. The fourth-order valence-corrected chi connectivity index (χ4v) is 4.23. The van der Waals surface area contributed by atoms with Crippen molar-refractivity contribution in [1.29, 1.82) is 0 Å². The van der Waals surface area contributed by atoms with Crippen molar-refractivity contribution >= 4 is 20.3 Å². The molecule has 0 aliphatic carbocycles. The van der Waals surface area contributed by atoms with Crippen molar-refractivity contribution in [2.75, 3.05) is 6.61 Å². The van der Waals surface area contributed by atoms with Gasteiger partial charge in [0.1, 0.15) is 12.3 Å². The van der Waals surface area contributed by atoms with Crippen molar-refractivity contribution < 1.29 is 14.9 Å². The minimum Gasteiger partial charge on any atom is -0.394 e. The van der Waals surface area contributed by atoms with E-state index in [1.54, 1.807) is 10.8 Å². The van der Waals surface area contributed by atoms with Gasteiger partial charge in [-0.1, -0.05) is 25.7 Å². The van der Waals surface area contributed by atoms with Gasteiger partial charge in [0.2, 0.25) is 0 Å². The van der Waals surface area contributed by atoms with Gasteiger partial charge in [-0.05, 0) is 18.6 Å². The van der Waals surface area contributed by atoms with Gasteiger partial charge in [-0.3, -0.25) is 14.3 Å². The molecule has 1 aromatic rings. The van der Waals surface area contributed by atoms with E-state index in [2.05, 4.69) is 24.6 Å². The third-order valence-electron chi connectivity index (χ3n) is 4.03. The minimum absolute atomic E-state index is 0.151. The van der Waals surface area contributed by atoms with Crippen molar-refractivity contribution in [1.82, 2.24) is 9.55 Å². The summed E-state index contributed by atoms with van der Waals surface area (Å²) in [5.41, 5.74) is -0.267. The summed E-state index contributed by atoms with van der Waals surface area (Å²) >= 11 is 5.19. The zero-order chi connectivity index (χ0) is 16.5. The highest BCUT2D eigenvalue weighted by Gasteiger charge is 2.44. The highest BCUT2D eigenvalue weighted by atomic mass is 32.1. The van der Waals surface area contributed by atoms with E-state index in [4.69, 9.17) is 17.0 Å². The van der Waals surface area contributed by atoms with Crippen LogP contribution in [0.15, 0.2) is 17.1 Å². The number of aromatic nitrogens is 2. The van der Waals surface area contributed by atoms with Crippen molar-refractivity contribution in [3.8, 4) is 0 Å². The number of aliphatic hydroxyl groups excluding tert-OH is 2. The van der Waals surface area contributed by atoms with Crippen LogP contribution in [0.1, 0.15) is 12.6 Å². The highest BCUT2D eigenvalue weighted by Crippen LogP contribution is 2.38. The zero-order valence-corrected chi connectivity index (χ0v) is 15.0. The summed E-state index contributed by atoms with van der Waals surface area (Å²) in [7, 11) is -1.26. The first-order chi connectivity index (χ1) is 10.2. The van der Waals surface area contributed by atoms with Gasteiger partial charge in [-0.25, -0.2) is 0 Å². The Morgan fingerprint density at radius 1 is 1.45 bits per heavy atom. The number of nitrogens with one attached hydrogen (secondary N) is 1. The van der Waals surface area contributed by atoms with Gasteiger partial charge in [0.15, 0.2) is 4.77 Å². The predicted molar refractivity (Wildman–Crippen MR) is 89.1 cm³/mol. The number of ether oxygens (including phenoxy) is 1. The number of aromatic amines is 1. The first-order valence-corrected chi connectivity index (χ1v) is 11.6. The second-order valence-corrected chi connectivity index (χ2v) is 13.0. The number of H-pyrrole nitrogens is 1. The lowest BCUT2D eigenvalue weighted by molar-refractivity contribution is -0.0475. The van der Waals surface area contributed by atoms with Crippen molar-refractivity contribution in [2.45, 2.75) is 50.5 Å². The summed E-state index contributed by atoms with van der Waals surface area (Å²) in [5.74, 6) is -0.151. The number of nitrogens with zero attached hydrogens (tertiary/aromatic N) is 1. The van der Waals surface area contributed by atoms with Crippen LogP contribution in [0.5, 0.6) is 0 Å². The van der Waals surface area contributed by atoms with E-state index in [1.165, 1.54) is 6.07 Å². The van der Waals surface area contributed by atoms with Gasteiger partial charge < -0.3 is 14.9 Å². The molecule has 124 valence electrons. The topological polar surface area (TPSA) is 87.5 Å². The molecule has 0 amide bonds. The van der Waals surface area contributed by atoms with Crippen LogP contribution in [0.4, 0.5) is 0 Å². The molecule has 22 heavy (non-hydrogen) atoms. The van der Waals surface area contributed by atoms with Gasteiger partial charge >= 0.3 is 0 Å². The predicted octanol–water partition coefficient (Wildman–Crippen LogP) is 1.50. The molecule has 4 atom stereocenters. The molecule has 1 aliphatic heterocycles. The highest BCUT2D eigenvalue weighted by molar-refractivity contribution is 7.71. The maximum Gasteiger partial charge on any atom is 0.251 e. The lowest BCUT2D eigenvalue weighted by Crippen LogP contribution is -2.31. The number of hydrogen-bond acceptors (Lipinski definition) is 5. The molecule has 0 spiro atoms. The van der Waals surface area contributed by atoms with Crippen LogP contribution in [0, 0.1) is 10.7 Å². The molecule has 2 rings (SSSR count). The Morgan fingerprint density at radius 2 is 2.14 bits per heavy atom. The second-order valence-electron chi connectivity index (χ2n) is 7.02. The number of rotatable bonds is 5. The molecule has 1 aromatic heterocycles. The van der Waals surface area contributed by atoms with E-state index in [-0.39, 0.29) is 22.9 Å². The molecule has 1 fully saturated rings. The van der Waals surface area contributed by atoms with Crippen LogP contribution < -0.4 is 5.56 Å². The van der Waals surface area contributed by atoms with Crippen LogP contribution in [-0.2, 0) is 4.74 Å². The Bertz CT molecular complexity index is 624. The number of aliphatic hydroxyl groups is 2. The van der Waals surface area contributed by atoms with Crippen molar-refractivity contribution in [3.63, 3.8) is 0 Å². The molecule has 0 unspecified atom stereocenters. The molecule has 0 bridgehead atoms. The summed E-state index contributed by atoms with van der Waals surface area (Å²) in [6.07, 6.45) is 0.567. The van der Waals surface area contributed by atoms with Crippen LogP contribution in [-0.4, -0.2) is 46.7 Å². The third kappa shape index (κ3) is 3.93. The Kier molecular flexibility index (Phi) is 5.39. The van der Waals surface area contributed by atoms with Gasteiger partial charge in [0.05, 0.1) is 12.7 Å². The van der Waals surface area contributed by atoms with E-state index >= 15 is 0 Å². The first-order valence-electron chi connectivity index (χ1n) is 7.49. The fourth-order valence-electron chi connectivity index (χ4n) is 2.77. The van der Waals surface area contributed by atoms with E-state index in [1.807, 2.05) is 0 Å². The summed E-state index contributed by atoms with van der Waals surface area (Å²) in [5, 5.41) is 19.8. The van der Waals surface area contributed by atoms with Gasteiger partial charge in [0.25, 0.3) is 5.56 Å². The molecule has 0 aromatic carbocycles. The quantitative estimate of drug-likeness (QED) is 0.556. The summed E-state index contributed by atoms with van der Waals surface area (Å²) < 4.78 is 7.72. The Balaban J connectivity index is 2.29. The molecule has 1 aliphatic rings. The molecule has 8 heteroatoms. The first kappa shape index (κ1) is 17.5. The molecule has 2 heterocycles. The van der Waals surface area contributed by atoms with E-state index in [0.717, 1.165) is 12.5 Å². The standard InChI is InChI=1S/C14H24N2O4SSi/c1-22(2,3)7-5-9-12(19)10(8-17)20-13(9)16-6-4-11(18)15-14(16)21/h4,6,9-10,12-13,17,19H,5,7-8H2,1-3H3,(H,15,18,21)/t9-,10-,12+,13-/m1/s1. The Hall–Kier alpha value is -0.803. The molecular formula is C14H24N2O4SSi. The average Bonchev–Trinajstić information content (AvgIpc) is 2.72. The third-order valence-corrected chi connectivity index (χ3v) is 6.13. The van der Waals surface area contributed by atoms with E-state index in [9.17, 15) is 15.0 Å². The monoisotopic (exact) mass is 344 g/mol. The largest absolute Gasteiger partial charge is 0.394 e. The maximum atomic E-state index is 11.3.